The lowest BCUT2D eigenvalue weighted by atomic mass is 10.0. The van der Waals surface area contributed by atoms with Gasteiger partial charge in [0, 0.05) is 0 Å². The molecular weight excluding hydrogens is 270 g/mol. The second-order valence-corrected chi connectivity index (χ2v) is 5.21. The lowest BCUT2D eigenvalue weighted by Crippen LogP contribution is -1.98. The van der Waals surface area contributed by atoms with E-state index in [-0.39, 0.29) is 10.4 Å². The van der Waals surface area contributed by atoms with E-state index in [0.717, 1.165) is 5.56 Å². The van der Waals surface area contributed by atoms with Crippen LogP contribution in [-0.4, -0.2) is 0 Å². The van der Waals surface area contributed by atoms with Gasteiger partial charge in [0.2, 0.25) is 0 Å². The van der Waals surface area contributed by atoms with Crippen molar-refractivity contribution in [2.45, 2.75) is 18.7 Å². The van der Waals surface area contributed by atoms with Gasteiger partial charge in [0.05, 0.1) is 10.4 Å². The molecule has 0 bridgehead atoms. The average Bonchev–Trinajstić information content (AvgIpc) is 2.35. The van der Waals surface area contributed by atoms with Crippen LogP contribution >= 0.6 is 23.2 Å². The second-order valence-electron chi connectivity index (χ2n) is 4.27. The Morgan fingerprint density at radius 3 is 2.56 bits per heavy atom. The van der Waals surface area contributed by atoms with Crippen LogP contribution in [0.3, 0.4) is 0 Å². The van der Waals surface area contributed by atoms with E-state index in [9.17, 15) is 4.39 Å². The van der Waals surface area contributed by atoms with E-state index in [0.29, 0.717) is 6.42 Å². The van der Waals surface area contributed by atoms with Crippen LogP contribution in [-0.2, 0) is 6.42 Å². The molecular formula is C15H13Cl2F. The predicted molar refractivity (Wildman–Crippen MR) is 74.9 cm³/mol. The number of aryl methyl sites for hydroxylation is 1. The Morgan fingerprint density at radius 2 is 1.89 bits per heavy atom. The highest BCUT2D eigenvalue weighted by Gasteiger charge is 2.12. The molecule has 0 N–H and O–H groups in total. The van der Waals surface area contributed by atoms with Crippen LogP contribution in [0.4, 0.5) is 4.39 Å². The first kappa shape index (κ1) is 13.4. The van der Waals surface area contributed by atoms with Crippen molar-refractivity contribution in [3.63, 3.8) is 0 Å². The number of rotatable bonds is 3. The molecule has 0 aliphatic rings. The molecule has 0 spiro atoms. The van der Waals surface area contributed by atoms with Crippen LogP contribution in [0.5, 0.6) is 0 Å². The van der Waals surface area contributed by atoms with Gasteiger partial charge in [0.1, 0.15) is 5.82 Å². The van der Waals surface area contributed by atoms with Crippen molar-refractivity contribution in [2.75, 3.05) is 0 Å². The van der Waals surface area contributed by atoms with Gasteiger partial charge < -0.3 is 0 Å². The molecule has 0 aliphatic heterocycles. The second kappa shape index (κ2) is 5.73. The molecule has 1 atom stereocenters. The molecule has 3 heteroatoms. The molecule has 0 saturated heterocycles. The van der Waals surface area contributed by atoms with Gasteiger partial charge in [0.15, 0.2) is 0 Å². The minimum Gasteiger partial charge on any atom is -0.205 e. The summed E-state index contributed by atoms with van der Waals surface area (Å²) >= 11 is 12.0. The fourth-order valence-electron chi connectivity index (χ4n) is 1.86. The summed E-state index contributed by atoms with van der Waals surface area (Å²) < 4.78 is 13.4. The molecule has 94 valence electrons. The zero-order chi connectivity index (χ0) is 13.1. The first-order chi connectivity index (χ1) is 8.58. The minimum atomic E-state index is -0.426. The molecule has 18 heavy (non-hydrogen) atoms. The highest BCUT2D eigenvalue weighted by atomic mass is 35.5. The van der Waals surface area contributed by atoms with Crippen molar-refractivity contribution < 1.29 is 4.39 Å². The summed E-state index contributed by atoms with van der Waals surface area (Å²) in [6, 6.07) is 12.8. The molecule has 0 amide bonds. The van der Waals surface area contributed by atoms with Crippen molar-refractivity contribution in [1.82, 2.24) is 0 Å². The molecule has 0 heterocycles. The molecule has 2 rings (SSSR count). The number of hydrogen-bond donors (Lipinski definition) is 0. The summed E-state index contributed by atoms with van der Waals surface area (Å²) in [6.07, 6.45) is 0.676. The summed E-state index contributed by atoms with van der Waals surface area (Å²) in [5.41, 5.74) is 3.12. The van der Waals surface area contributed by atoms with Crippen LogP contribution in [0.1, 0.15) is 22.1 Å². The molecule has 2 aromatic rings. The van der Waals surface area contributed by atoms with Crippen LogP contribution in [0.25, 0.3) is 0 Å². The van der Waals surface area contributed by atoms with E-state index in [2.05, 4.69) is 0 Å². The molecule has 0 fully saturated rings. The smallest absolute Gasteiger partial charge is 0.142 e. The zero-order valence-electron chi connectivity index (χ0n) is 9.96. The minimum absolute atomic E-state index is 0.124. The number of alkyl halides is 1. The fourth-order valence-corrected chi connectivity index (χ4v) is 2.28. The quantitative estimate of drug-likeness (QED) is 0.669. The van der Waals surface area contributed by atoms with Crippen LogP contribution < -0.4 is 0 Å². The van der Waals surface area contributed by atoms with Gasteiger partial charge in [-0.3, -0.25) is 0 Å². The maximum absolute atomic E-state index is 13.4. The molecule has 0 aliphatic carbocycles. The standard InChI is InChI=1S/C15H13Cl2F/c1-10-4-2-3-5-11(10)8-14(17)12-6-7-13(16)15(18)9-12/h2-7,9,14H,8H2,1H3. The first-order valence-electron chi connectivity index (χ1n) is 5.71. The molecule has 0 radical (unpaired) electrons. The summed E-state index contributed by atoms with van der Waals surface area (Å²) in [6.45, 7) is 2.04. The van der Waals surface area contributed by atoms with Gasteiger partial charge in [0.25, 0.3) is 0 Å². The van der Waals surface area contributed by atoms with Gasteiger partial charge in [-0.1, -0.05) is 41.9 Å². The maximum Gasteiger partial charge on any atom is 0.142 e. The normalized spacial score (nSPS) is 12.4. The van der Waals surface area contributed by atoms with Gasteiger partial charge >= 0.3 is 0 Å². The third kappa shape index (κ3) is 3.04. The monoisotopic (exact) mass is 282 g/mol. The molecule has 0 aromatic heterocycles. The van der Waals surface area contributed by atoms with E-state index in [4.69, 9.17) is 23.2 Å². The Bertz CT molecular complexity index is 552. The summed E-state index contributed by atoms with van der Waals surface area (Å²) in [4.78, 5) is 0. The number of hydrogen-bond acceptors (Lipinski definition) is 0. The van der Waals surface area contributed by atoms with E-state index >= 15 is 0 Å². The van der Waals surface area contributed by atoms with Gasteiger partial charge in [-0.15, -0.1) is 11.6 Å². The van der Waals surface area contributed by atoms with Gasteiger partial charge in [-0.05, 0) is 42.2 Å². The molecule has 0 nitrogen and oxygen atoms in total. The van der Waals surface area contributed by atoms with Crippen molar-refractivity contribution in [2.24, 2.45) is 0 Å². The molecule has 0 saturated carbocycles. The summed E-state index contributed by atoms with van der Waals surface area (Å²) in [5, 5.41) is -0.128. The lowest BCUT2D eigenvalue weighted by Gasteiger charge is -2.12. The zero-order valence-corrected chi connectivity index (χ0v) is 11.5. The van der Waals surface area contributed by atoms with Gasteiger partial charge in [-0.2, -0.15) is 0 Å². The predicted octanol–water partition coefficient (Wildman–Crippen LogP) is 5.31. The first-order valence-corrected chi connectivity index (χ1v) is 6.53. The number of benzene rings is 2. The maximum atomic E-state index is 13.4. The third-order valence-corrected chi connectivity index (χ3v) is 3.68. The van der Waals surface area contributed by atoms with Crippen molar-refractivity contribution in [3.8, 4) is 0 Å². The van der Waals surface area contributed by atoms with Crippen molar-refractivity contribution in [1.29, 1.82) is 0 Å². The van der Waals surface area contributed by atoms with E-state index in [1.54, 1.807) is 12.1 Å². The van der Waals surface area contributed by atoms with Crippen LogP contribution in [0, 0.1) is 12.7 Å². The largest absolute Gasteiger partial charge is 0.205 e. The van der Waals surface area contributed by atoms with Gasteiger partial charge in [-0.25, -0.2) is 4.39 Å². The Morgan fingerprint density at radius 1 is 1.17 bits per heavy atom. The average molecular weight is 283 g/mol. The van der Waals surface area contributed by atoms with E-state index in [1.165, 1.54) is 17.2 Å². The Balaban J connectivity index is 2.19. The summed E-state index contributed by atoms with van der Waals surface area (Å²) in [7, 11) is 0. The highest BCUT2D eigenvalue weighted by Crippen LogP contribution is 2.28. The highest BCUT2D eigenvalue weighted by molar-refractivity contribution is 6.30. The molecule has 2 aromatic carbocycles. The van der Waals surface area contributed by atoms with Crippen molar-refractivity contribution in [3.05, 3.63) is 70.0 Å². The Hall–Kier alpha value is -1.05. The topological polar surface area (TPSA) is 0 Å². The van der Waals surface area contributed by atoms with E-state index < -0.39 is 5.82 Å². The SMILES string of the molecule is Cc1ccccc1CC(Cl)c1ccc(Cl)c(F)c1. The Kier molecular flexibility index (Phi) is 4.26. The summed E-state index contributed by atoms with van der Waals surface area (Å²) in [5.74, 6) is -0.426. The lowest BCUT2D eigenvalue weighted by molar-refractivity contribution is 0.625. The van der Waals surface area contributed by atoms with Crippen LogP contribution in [0.2, 0.25) is 5.02 Å². The Labute approximate surface area is 116 Å². The van der Waals surface area contributed by atoms with Crippen LogP contribution in [0.15, 0.2) is 42.5 Å². The molecule has 1 unspecified atom stereocenters. The van der Waals surface area contributed by atoms with E-state index in [1.807, 2.05) is 31.2 Å². The number of halogens is 3. The fraction of sp³-hybridized carbons (Fsp3) is 0.200. The van der Waals surface area contributed by atoms with Crippen molar-refractivity contribution >= 4 is 23.2 Å². The third-order valence-electron chi connectivity index (χ3n) is 2.97.